The van der Waals surface area contributed by atoms with Crippen molar-refractivity contribution in [2.75, 3.05) is 11.9 Å². The normalized spacial score (nSPS) is 15.6. The number of hydrogen-bond donors (Lipinski definition) is 1. The molecule has 1 aliphatic rings. The first-order chi connectivity index (χ1) is 10.2. The number of nitrogens with one attached hydrogen (secondary N) is 1. The summed E-state index contributed by atoms with van der Waals surface area (Å²) in [6.07, 6.45) is 7.55. The van der Waals surface area contributed by atoms with Gasteiger partial charge in [0.2, 0.25) is 0 Å². The summed E-state index contributed by atoms with van der Waals surface area (Å²) in [5.41, 5.74) is 5.26. The van der Waals surface area contributed by atoms with Crippen LogP contribution in [-0.4, -0.2) is 16.1 Å². The molecule has 1 unspecified atom stereocenters. The average Bonchev–Trinajstić information content (AvgIpc) is 2.95. The van der Waals surface area contributed by atoms with Gasteiger partial charge in [-0.3, -0.25) is 0 Å². The summed E-state index contributed by atoms with van der Waals surface area (Å²) in [4.78, 5) is 4.41. The van der Waals surface area contributed by atoms with Crippen molar-refractivity contribution in [1.29, 1.82) is 0 Å². The van der Waals surface area contributed by atoms with Gasteiger partial charge in [0.25, 0.3) is 0 Å². The van der Waals surface area contributed by atoms with E-state index in [1.807, 2.05) is 12.5 Å². The first-order valence-electron chi connectivity index (χ1n) is 8.04. The number of benzene rings is 1. The van der Waals surface area contributed by atoms with E-state index in [1.54, 1.807) is 0 Å². The summed E-state index contributed by atoms with van der Waals surface area (Å²) >= 11 is 0. The van der Waals surface area contributed by atoms with Gasteiger partial charge in [0, 0.05) is 23.8 Å². The third-order valence-corrected chi connectivity index (χ3v) is 4.30. The topological polar surface area (TPSA) is 29.9 Å². The number of aromatic nitrogens is 2. The van der Waals surface area contributed by atoms with Crippen molar-refractivity contribution in [2.45, 2.75) is 46.1 Å². The highest BCUT2D eigenvalue weighted by atomic mass is 15.1. The fraction of sp³-hybridized carbons (Fsp3) is 0.500. The summed E-state index contributed by atoms with van der Waals surface area (Å²) in [5.74, 6) is 0.693. The van der Waals surface area contributed by atoms with Crippen LogP contribution >= 0.6 is 0 Å². The number of aryl methyl sites for hydroxylation is 1. The second-order valence-electron chi connectivity index (χ2n) is 6.53. The number of anilines is 1. The van der Waals surface area contributed by atoms with Crippen LogP contribution in [0.15, 0.2) is 30.7 Å². The summed E-state index contributed by atoms with van der Waals surface area (Å²) in [5, 5.41) is 3.59. The Bertz CT molecular complexity index is 613. The van der Waals surface area contributed by atoms with Crippen LogP contribution in [0.3, 0.4) is 0 Å². The van der Waals surface area contributed by atoms with Gasteiger partial charge >= 0.3 is 0 Å². The quantitative estimate of drug-likeness (QED) is 0.894. The average molecular weight is 283 g/mol. The van der Waals surface area contributed by atoms with Crippen molar-refractivity contribution in [3.05, 3.63) is 36.3 Å². The molecule has 1 aromatic carbocycles. The first-order valence-corrected chi connectivity index (χ1v) is 8.04. The molecule has 112 valence electrons. The van der Waals surface area contributed by atoms with E-state index in [9.17, 15) is 0 Å². The van der Waals surface area contributed by atoms with Crippen LogP contribution in [0.1, 0.15) is 45.2 Å². The lowest BCUT2D eigenvalue weighted by atomic mass is 9.97. The number of rotatable bonds is 4. The van der Waals surface area contributed by atoms with Crippen LogP contribution < -0.4 is 5.32 Å². The van der Waals surface area contributed by atoms with Crippen molar-refractivity contribution in [3.8, 4) is 11.3 Å². The van der Waals surface area contributed by atoms with E-state index in [0.29, 0.717) is 12.0 Å². The zero-order valence-corrected chi connectivity index (χ0v) is 13.3. The minimum Gasteiger partial charge on any atom is -0.384 e. The summed E-state index contributed by atoms with van der Waals surface area (Å²) in [6, 6.07) is 7.10. The molecule has 1 aliphatic heterocycles. The monoisotopic (exact) mass is 283 g/mol. The van der Waals surface area contributed by atoms with Crippen LogP contribution in [0.5, 0.6) is 0 Å². The highest BCUT2D eigenvalue weighted by Gasteiger charge is 2.18. The molecule has 0 aliphatic carbocycles. The Morgan fingerprint density at radius 1 is 1.29 bits per heavy atom. The molecular weight excluding hydrogens is 258 g/mol. The Morgan fingerprint density at radius 3 is 2.95 bits per heavy atom. The predicted octanol–water partition coefficient (Wildman–Crippen LogP) is 4.52. The molecule has 0 fully saturated rings. The van der Waals surface area contributed by atoms with Crippen LogP contribution in [0.2, 0.25) is 0 Å². The third kappa shape index (κ3) is 2.82. The fourth-order valence-corrected chi connectivity index (χ4v) is 3.38. The third-order valence-electron chi connectivity index (χ3n) is 4.30. The molecular formula is C18H25N3. The van der Waals surface area contributed by atoms with Crippen LogP contribution in [-0.2, 0) is 6.42 Å². The molecule has 1 N–H and O–H groups in total. The van der Waals surface area contributed by atoms with Crippen molar-refractivity contribution >= 4 is 5.69 Å². The van der Waals surface area contributed by atoms with E-state index < -0.39 is 0 Å². The maximum atomic E-state index is 4.41. The van der Waals surface area contributed by atoms with Gasteiger partial charge in [-0.2, -0.15) is 0 Å². The van der Waals surface area contributed by atoms with Crippen LogP contribution in [0.25, 0.3) is 11.3 Å². The molecule has 0 spiro atoms. The Balaban J connectivity index is 2.00. The molecule has 3 nitrogen and oxygen atoms in total. The van der Waals surface area contributed by atoms with E-state index >= 15 is 0 Å². The minimum atomic E-state index is 0.474. The maximum absolute atomic E-state index is 4.41. The van der Waals surface area contributed by atoms with Gasteiger partial charge in [-0.1, -0.05) is 32.0 Å². The molecule has 3 heteroatoms. The largest absolute Gasteiger partial charge is 0.384 e. The molecule has 1 aromatic heterocycles. The summed E-state index contributed by atoms with van der Waals surface area (Å²) < 4.78 is 2.33. The molecule has 3 rings (SSSR count). The first kappa shape index (κ1) is 14.2. The molecule has 1 atom stereocenters. The molecule has 21 heavy (non-hydrogen) atoms. The number of para-hydroxylation sites is 1. The van der Waals surface area contributed by atoms with E-state index in [1.165, 1.54) is 41.8 Å². The van der Waals surface area contributed by atoms with Crippen LogP contribution in [0.4, 0.5) is 5.69 Å². The fourth-order valence-electron chi connectivity index (χ4n) is 3.38. The van der Waals surface area contributed by atoms with E-state index in [2.05, 4.69) is 53.8 Å². The van der Waals surface area contributed by atoms with Crippen molar-refractivity contribution in [2.24, 2.45) is 5.92 Å². The highest BCUT2D eigenvalue weighted by Crippen LogP contribution is 2.35. The molecule has 0 radical (unpaired) electrons. The summed E-state index contributed by atoms with van der Waals surface area (Å²) in [6.45, 7) is 7.91. The van der Waals surface area contributed by atoms with E-state index in [-0.39, 0.29) is 0 Å². The number of nitrogens with zero attached hydrogens (tertiary/aromatic N) is 2. The Kier molecular flexibility index (Phi) is 4.00. The Labute approximate surface area is 127 Å². The summed E-state index contributed by atoms with van der Waals surface area (Å²) in [7, 11) is 0. The zero-order chi connectivity index (χ0) is 14.8. The van der Waals surface area contributed by atoms with E-state index in [4.69, 9.17) is 0 Å². The Morgan fingerprint density at radius 2 is 2.14 bits per heavy atom. The standard InChI is InChI=1S/C18H25N3/c1-13(2)10-14(3)21-12-19-11-17(21)16-8-4-6-15-7-5-9-20-18(15)16/h4,6,8,11-14,20H,5,7,9-10H2,1-3H3. The molecule has 0 saturated heterocycles. The van der Waals surface area contributed by atoms with Gasteiger partial charge in [-0.05, 0) is 37.7 Å². The van der Waals surface area contributed by atoms with Gasteiger partial charge < -0.3 is 9.88 Å². The minimum absolute atomic E-state index is 0.474. The van der Waals surface area contributed by atoms with Gasteiger partial charge in [-0.15, -0.1) is 0 Å². The van der Waals surface area contributed by atoms with Crippen LogP contribution in [0, 0.1) is 5.92 Å². The van der Waals surface area contributed by atoms with E-state index in [0.717, 1.165) is 6.54 Å². The number of hydrogen-bond acceptors (Lipinski definition) is 2. The number of imidazole rings is 1. The van der Waals surface area contributed by atoms with Gasteiger partial charge in [0.05, 0.1) is 18.2 Å². The lowest BCUT2D eigenvalue weighted by Crippen LogP contribution is -2.14. The second kappa shape index (κ2) is 5.92. The lowest BCUT2D eigenvalue weighted by Gasteiger charge is -2.23. The Hall–Kier alpha value is -1.77. The maximum Gasteiger partial charge on any atom is 0.0953 e. The molecule has 0 saturated carbocycles. The van der Waals surface area contributed by atoms with Crippen molar-refractivity contribution in [1.82, 2.24) is 9.55 Å². The molecule has 0 amide bonds. The van der Waals surface area contributed by atoms with Crippen molar-refractivity contribution < 1.29 is 0 Å². The molecule has 2 heterocycles. The molecule has 0 bridgehead atoms. The molecule has 2 aromatic rings. The smallest absolute Gasteiger partial charge is 0.0953 e. The van der Waals surface area contributed by atoms with Gasteiger partial charge in [0.1, 0.15) is 0 Å². The van der Waals surface area contributed by atoms with Crippen molar-refractivity contribution in [3.63, 3.8) is 0 Å². The predicted molar refractivity (Wildman–Crippen MR) is 88.6 cm³/mol. The zero-order valence-electron chi connectivity index (χ0n) is 13.3. The lowest BCUT2D eigenvalue weighted by molar-refractivity contribution is 0.430. The second-order valence-corrected chi connectivity index (χ2v) is 6.53. The number of fused-ring (bicyclic) bond motifs is 1. The highest BCUT2D eigenvalue weighted by molar-refractivity contribution is 5.79. The van der Waals surface area contributed by atoms with Gasteiger partial charge in [-0.25, -0.2) is 4.98 Å². The van der Waals surface area contributed by atoms with Gasteiger partial charge in [0.15, 0.2) is 0 Å². The SMILES string of the molecule is CC(C)CC(C)n1cncc1-c1cccc2c1NCCC2.